The van der Waals surface area contributed by atoms with Crippen molar-refractivity contribution in [3.8, 4) is 5.69 Å². The van der Waals surface area contributed by atoms with Crippen molar-refractivity contribution in [3.05, 3.63) is 35.9 Å². The topological polar surface area (TPSA) is 51.0 Å². The maximum absolute atomic E-state index is 13.3. The van der Waals surface area contributed by atoms with Gasteiger partial charge < -0.3 is 4.90 Å². The van der Waals surface area contributed by atoms with Crippen LogP contribution in [0.3, 0.4) is 0 Å². The average Bonchev–Trinajstić information content (AvgIpc) is 3.40. The fourth-order valence-corrected chi connectivity index (χ4v) is 3.82. The first-order valence-corrected chi connectivity index (χ1v) is 10.3. The number of carbonyl (C=O) groups is 1. The van der Waals surface area contributed by atoms with Gasteiger partial charge in [0.1, 0.15) is 5.69 Å². The summed E-state index contributed by atoms with van der Waals surface area (Å²) in [5.74, 6) is 0.571. The first-order valence-electron chi connectivity index (χ1n) is 8.85. The number of aromatic nitrogens is 3. The zero-order valence-corrected chi connectivity index (χ0v) is 16.5. The summed E-state index contributed by atoms with van der Waals surface area (Å²) in [6, 6.07) is 3.59. The van der Waals surface area contributed by atoms with Crippen LogP contribution in [0.25, 0.3) is 5.69 Å². The first-order chi connectivity index (χ1) is 13.0. The SMILES string of the molecule is CCSC(CC(=O)N(CC1CC1)c1cn(-c2cccnc2)nc1Cl)C(F)F. The molecule has 0 bridgehead atoms. The van der Waals surface area contributed by atoms with E-state index in [-0.39, 0.29) is 17.5 Å². The van der Waals surface area contributed by atoms with E-state index in [2.05, 4.69) is 10.1 Å². The molecule has 146 valence electrons. The minimum Gasteiger partial charge on any atom is -0.308 e. The summed E-state index contributed by atoms with van der Waals surface area (Å²) in [7, 11) is 0. The van der Waals surface area contributed by atoms with E-state index >= 15 is 0 Å². The van der Waals surface area contributed by atoms with Crippen LogP contribution in [0.5, 0.6) is 0 Å². The van der Waals surface area contributed by atoms with Gasteiger partial charge in [-0.2, -0.15) is 16.9 Å². The standard InChI is InChI=1S/C18H21ClF2N4OS/c1-2-27-15(18(20)21)8-16(26)24(10-12-5-6-12)14-11-25(23-17(14)19)13-4-3-7-22-9-13/h3-4,7,9,11-12,15,18H,2,5-6,8,10H2,1H3. The number of pyridine rings is 1. The molecule has 2 aromatic heterocycles. The maximum Gasteiger partial charge on any atom is 0.250 e. The Morgan fingerprint density at radius 1 is 1.48 bits per heavy atom. The van der Waals surface area contributed by atoms with E-state index in [1.807, 2.05) is 6.07 Å². The van der Waals surface area contributed by atoms with Gasteiger partial charge in [-0.3, -0.25) is 9.78 Å². The molecule has 0 N–H and O–H groups in total. The molecule has 0 radical (unpaired) electrons. The number of thioether (sulfide) groups is 1. The second kappa shape index (κ2) is 9.01. The molecule has 0 aliphatic heterocycles. The molecule has 9 heteroatoms. The van der Waals surface area contributed by atoms with Crippen LogP contribution in [-0.2, 0) is 4.79 Å². The predicted octanol–water partition coefficient (Wildman–Crippen LogP) is 4.44. The van der Waals surface area contributed by atoms with Gasteiger partial charge in [0.2, 0.25) is 5.91 Å². The molecular weight excluding hydrogens is 394 g/mol. The number of amides is 1. The van der Waals surface area contributed by atoms with E-state index in [0.29, 0.717) is 29.6 Å². The lowest BCUT2D eigenvalue weighted by atomic mass is 10.2. The Kier molecular flexibility index (Phi) is 6.70. The highest BCUT2D eigenvalue weighted by molar-refractivity contribution is 7.99. The van der Waals surface area contributed by atoms with Crippen LogP contribution >= 0.6 is 23.4 Å². The van der Waals surface area contributed by atoms with E-state index in [1.54, 1.807) is 36.3 Å². The summed E-state index contributed by atoms with van der Waals surface area (Å²) in [6.45, 7) is 2.28. The predicted molar refractivity (Wildman–Crippen MR) is 104 cm³/mol. The van der Waals surface area contributed by atoms with Crippen molar-refractivity contribution in [1.29, 1.82) is 0 Å². The van der Waals surface area contributed by atoms with Gasteiger partial charge >= 0.3 is 0 Å². The molecular formula is C18H21ClF2N4OS. The lowest BCUT2D eigenvalue weighted by Gasteiger charge is -2.24. The lowest BCUT2D eigenvalue weighted by Crippen LogP contribution is -2.36. The Morgan fingerprint density at radius 2 is 2.26 bits per heavy atom. The van der Waals surface area contributed by atoms with Crippen molar-refractivity contribution in [3.63, 3.8) is 0 Å². The number of hydrogen-bond donors (Lipinski definition) is 0. The Hall–Kier alpha value is -1.67. The number of alkyl halides is 2. The highest BCUT2D eigenvalue weighted by atomic mass is 35.5. The second-order valence-electron chi connectivity index (χ2n) is 6.44. The zero-order valence-electron chi connectivity index (χ0n) is 14.9. The number of nitrogens with zero attached hydrogens (tertiary/aromatic N) is 4. The normalized spacial score (nSPS) is 15.1. The van der Waals surface area contributed by atoms with Crippen LogP contribution in [0.15, 0.2) is 30.7 Å². The molecule has 2 aromatic rings. The Labute approximate surface area is 166 Å². The largest absolute Gasteiger partial charge is 0.308 e. The molecule has 1 aliphatic rings. The Balaban J connectivity index is 1.84. The smallest absolute Gasteiger partial charge is 0.250 e. The van der Waals surface area contributed by atoms with Gasteiger partial charge in [0.25, 0.3) is 6.43 Å². The van der Waals surface area contributed by atoms with Gasteiger partial charge in [-0.1, -0.05) is 18.5 Å². The van der Waals surface area contributed by atoms with Crippen molar-refractivity contribution in [1.82, 2.24) is 14.8 Å². The van der Waals surface area contributed by atoms with Gasteiger partial charge in [0.15, 0.2) is 5.15 Å². The van der Waals surface area contributed by atoms with E-state index in [1.165, 1.54) is 4.90 Å². The quantitative estimate of drug-likeness (QED) is 0.608. The molecule has 1 fully saturated rings. The summed E-state index contributed by atoms with van der Waals surface area (Å²) < 4.78 is 28.0. The highest BCUT2D eigenvalue weighted by Gasteiger charge is 2.32. The van der Waals surface area contributed by atoms with Crippen molar-refractivity contribution in [2.24, 2.45) is 5.92 Å². The van der Waals surface area contributed by atoms with Crippen LogP contribution in [0, 0.1) is 5.92 Å². The Bertz CT molecular complexity index is 770. The van der Waals surface area contributed by atoms with Crippen molar-refractivity contribution in [2.45, 2.75) is 37.9 Å². The summed E-state index contributed by atoms with van der Waals surface area (Å²) in [6.07, 6.45) is 4.22. The van der Waals surface area contributed by atoms with Gasteiger partial charge in [0, 0.05) is 19.2 Å². The lowest BCUT2D eigenvalue weighted by molar-refractivity contribution is -0.119. The minimum absolute atomic E-state index is 0.171. The number of rotatable bonds is 9. The van der Waals surface area contributed by atoms with Crippen LogP contribution in [0.1, 0.15) is 26.2 Å². The van der Waals surface area contributed by atoms with E-state index in [9.17, 15) is 13.6 Å². The fourth-order valence-electron chi connectivity index (χ4n) is 2.76. The number of anilines is 1. The first kappa shape index (κ1) is 20.1. The Morgan fingerprint density at radius 3 is 2.85 bits per heavy atom. The average molecular weight is 415 g/mol. The molecule has 1 atom stereocenters. The molecule has 27 heavy (non-hydrogen) atoms. The molecule has 5 nitrogen and oxygen atoms in total. The van der Waals surface area contributed by atoms with Crippen LogP contribution in [-0.4, -0.2) is 44.6 Å². The van der Waals surface area contributed by atoms with E-state index < -0.39 is 11.7 Å². The van der Waals surface area contributed by atoms with Gasteiger partial charge in [-0.05, 0) is 36.6 Å². The zero-order chi connectivity index (χ0) is 19.4. The number of hydrogen-bond acceptors (Lipinski definition) is 4. The van der Waals surface area contributed by atoms with Gasteiger partial charge in [0.05, 0.1) is 23.3 Å². The molecule has 1 saturated carbocycles. The van der Waals surface area contributed by atoms with Gasteiger partial charge in [-0.25, -0.2) is 13.5 Å². The van der Waals surface area contributed by atoms with Crippen LogP contribution in [0.2, 0.25) is 5.15 Å². The molecule has 0 saturated heterocycles. The van der Waals surface area contributed by atoms with E-state index in [4.69, 9.17) is 11.6 Å². The minimum atomic E-state index is -2.55. The van der Waals surface area contributed by atoms with Crippen LogP contribution in [0.4, 0.5) is 14.5 Å². The molecule has 3 rings (SSSR count). The fraction of sp³-hybridized carbons (Fsp3) is 0.500. The highest BCUT2D eigenvalue weighted by Crippen LogP contribution is 2.35. The third-order valence-electron chi connectivity index (χ3n) is 4.33. The number of carbonyl (C=O) groups excluding carboxylic acids is 1. The molecule has 1 unspecified atom stereocenters. The molecule has 1 amide bonds. The maximum atomic E-state index is 13.3. The van der Waals surface area contributed by atoms with Crippen molar-refractivity contribution in [2.75, 3.05) is 17.2 Å². The van der Waals surface area contributed by atoms with Crippen molar-refractivity contribution >= 4 is 35.0 Å². The summed E-state index contributed by atoms with van der Waals surface area (Å²) >= 11 is 7.40. The second-order valence-corrected chi connectivity index (χ2v) is 8.32. The third kappa shape index (κ3) is 5.19. The summed E-state index contributed by atoms with van der Waals surface area (Å²) in [5, 5.41) is 3.41. The van der Waals surface area contributed by atoms with Crippen LogP contribution < -0.4 is 4.90 Å². The van der Waals surface area contributed by atoms with E-state index in [0.717, 1.165) is 24.6 Å². The third-order valence-corrected chi connectivity index (χ3v) is 5.73. The molecule has 0 spiro atoms. The number of halogens is 3. The molecule has 0 aromatic carbocycles. The van der Waals surface area contributed by atoms with Crippen molar-refractivity contribution < 1.29 is 13.6 Å². The monoisotopic (exact) mass is 414 g/mol. The molecule has 1 aliphatic carbocycles. The summed E-state index contributed by atoms with van der Waals surface area (Å²) in [4.78, 5) is 18.4. The van der Waals surface area contributed by atoms with Gasteiger partial charge in [-0.15, -0.1) is 0 Å². The molecule has 2 heterocycles. The summed E-state index contributed by atoms with van der Waals surface area (Å²) in [5.41, 5.74) is 1.16.